The van der Waals surface area contributed by atoms with Gasteiger partial charge in [0.1, 0.15) is 5.75 Å². The summed E-state index contributed by atoms with van der Waals surface area (Å²) in [5, 5.41) is 6.35. The fraction of sp³-hybridized carbons (Fsp3) is 0.235. The summed E-state index contributed by atoms with van der Waals surface area (Å²) in [5.41, 5.74) is 12.9. The number of ether oxygens (including phenoxy) is 1. The van der Waals surface area contributed by atoms with Gasteiger partial charge < -0.3 is 15.8 Å². The van der Waals surface area contributed by atoms with Crippen molar-refractivity contribution in [2.45, 2.75) is 19.8 Å². The van der Waals surface area contributed by atoms with Gasteiger partial charge in [0.2, 0.25) is 0 Å². The normalized spacial score (nSPS) is 10.1. The molecule has 0 bridgehead atoms. The number of nitrogens with two attached hydrogens (primary N) is 2. The van der Waals surface area contributed by atoms with Gasteiger partial charge in [-0.25, -0.2) is 0 Å². The summed E-state index contributed by atoms with van der Waals surface area (Å²) >= 11 is 0. The van der Waals surface area contributed by atoms with E-state index in [0.29, 0.717) is 29.2 Å². The van der Waals surface area contributed by atoms with E-state index in [2.05, 4.69) is 17.4 Å². The number of nitrogens with zero attached hydrogens (tertiary/aromatic N) is 1. The molecule has 120 valence electrons. The monoisotopic (exact) mass is 313 g/mol. The Labute approximate surface area is 135 Å². The molecule has 5 N–H and O–H groups in total. The molecule has 0 radical (unpaired) electrons. The van der Waals surface area contributed by atoms with Crippen LogP contribution in [0.3, 0.4) is 0 Å². The van der Waals surface area contributed by atoms with E-state index in [0.717, 1.165) is 18.6 Å². The number of nitrogen functional groups attached to an aromatic ring is 1. The number of anilines is 2. The Morgan fingerprint density at radius 1 is 1.26 bits per heavy atom. The van der Waals surface area contributed by atoms with Crippen LogP contribution < -0.4 is 21.3 Å². The zero-order chi connectivity index (χ0) is 16.7. The van der Waals surface area contributed by atoms with Crippen molar-refractivity contribution < 1.29 is 15.1 Å². The van der Waals surface area contributed by atoms with Crippen molar-refractivity contribution in [2.24, 2.45) is 5.11 Å². The molecule has 6 heteroatoms. The van der Waals surface area contributed by atoms with Gasteiger partial charge >= 0.3 is 0 Å². The number of unbranched alkanes of at least 4 members (excludes halogenated alkanes) is 1. The molecule has 0 saturated heterocycles. The van der Waals surface area contributed by atoms with Crippen molar-refractivity contribution >= 4 is 23.0 Å². The summed E-state index contributed by atoms with van der Waals surface area (Å²) in [6.07, 6.45) is 2.11. The van der Waals surface area contributed by atoms with E-state index in [1.165, 1.54) is 0 Å². The highest BCUT2D eigenvalue weighted by atomic mass is 16.5. The quantitative estimate of drug-likeness (QED) is 0.416. The van der Waals surface area contributed by atoms with E-state index in [4.69, 9.17) is 16.0 Å². The third kappa shape index (κ3) is 4.54. The second kappa shape index (κ2) is 7.93. The summed E-state index contributed by atoms with van der Waals surface area (Å²) in [6.45, 7) is 2.81. The van der Waals surface area contributed by atoms with E-state index >= 15 is 0 Å². The van der Waals surface area contributed by atoms with E-state index in [1.807, 2.05) is 12.1 Å². The zero-order valence-corrected chi connectivity index (χ0v) is 13.1. The van der Waals surface area contributed by atoms with Gasteiger partial charge in [0.05, 0.1) is 12.3 Å². The van der Waals surface area contributed by atoms with Crippen LogP contribution in [0.25, 0.3) is 0 Å². The first-order valence-electron chi connectivity index (χ1n) is 7.48. The Hall–Kier alpha value is -2.89. The highest BCUT2D eigenvalue weighted by Crippen LogP contribution is 2.23. The van der Waals surface area contributed by atoms with Crippen LogP contribution >= 0.6 is 0 Å². The van der Waals surface area contributed by atoms with Crippen LogP contribution in [0, 0.1) is 0 Å². The highest BCUT2D eigenvalue weighted by molar-refractivity contribution is 6.05. The standard InChI is InChI=1S/C17H20N4O2/c1-2-3-10-23-14-7-5-13(6-8-14)20-17(22)12-4-9-15(18)16(11-12)21-19/h4-9,11,19H,2-3,10,18H2,1H3,(H,20,22)/p+1. The van der Waals surface area contributed by atoms with Crippen molar-refractivity contribution in [1.29, 1.82) is 0 Å². The highest BCUT2D eigenvalue weighted by Gasteiger charge is 2.09. The molecule has 0 saturated carbocycles. The molecule has 0 heterocycles. The number of hydrogen-bond acceptors (Lipinski definition) is 4. The van der Waals surface area contributed by atoms with Crippen molar-refractivity contribution in [3.8, 4) is 5.75 Å². The third-order valence-corrected chi connectivity index (χ3v) is 3.31. The maximum Gasteiger partial charge on any atom is 0.255 e. The van der Waals surface area contributed by atoms with Crippen molar-refractivity contribution in [2.75, 3.05) is 17.7 Å². The summed E-state index contributed by atoms with van der Waals surface area (Å²) in [6, 6.07) is 12.0. The van der Waals surface area contributed by atoms with Crippen LogP contribution in [-0.4, -0.2) is 12.5 Å². The zero-order valence-electron chi connectivity index (χ0n) is 13.1. The van der Waals surface area contributed by atoms with Crippen molar-refractivity contribution in [3.63, 3.8) is 0 Å². The molecular weight excluding hydrogens is 292 g/mol. The van der Waals surface area contributed by atoms with E-state index < -0.39 is 0 Å². The molecule has 1 amide bonds. The Balaban J connectivity index is 2.01. The number of amides is 1. The van der Waals surface area contributed by atoms with Crippen LogP contribution in [0.2, 0.25) is 0 Å². The molecule has 6 nitrogen and oxygen atoms in total. The number of nitrogens with one attached hydrogen (secondary N) is 1. The van der Waals surface area contributed by atoms with Crippen LogP contribution in [0.5, 0.6) is 5.75 Å². The van der Waals surface area contributed by atoms with Gasteiger partial charge in [-0.3, -0.25) is 4.79 Å². The van der Waals surface area contributed by atoms with Crippen LogP contribution in [0.15, 0.2) is 47.6 Å². The summed E-state index contributed by atoms with van der Waals surface area (Å²) in [4.78, 5) is 12.2. The topological polar surface area (TPSA) is 102 Å². The SMILES string of the molecule is CCCCOc1ccc(NC(=O)c2ccc(N)c(N=[NH2+])c2)cc1. The fourth-order valence-corrected chi connectivity index (χ4v) is 1.97. The van der Waals surface area contributed by atoms with Gasteiger partial charge in [-0.15, -0.1) is 0 Å². The maximum absolute atomic E-state index is 12.2. The second-order valence-corrected chi connectivity index (χ2v) is 5.08. The smallest absolute Gasteiger partial charge is 0.255 e. The van der Waals surface area contributed by atoms with Crippen molar-refractivity contribution in [1.82, 2.24) is 0 Å². The Kier molecular flexibility index (Phi) is 5.68. The van der Waals surface area contributed by atoms with Gasteiger partial charge in [0.15, 0.2) is 5.69 Å². The molecule has 2 aromatic carbocycles. The van der Waals surface area contributed by atoms with Gasteiger partial charge in [-0.1, -0.05) is 13.3 Å². The molecule has 0 aliphatic heterocycles. The van der Waals surface area contributed by atoms with Crippen LogP contribution in [-0.2, 0) is 0 Å². The molecule has 23 heavy (non-hydrogen) atoms. The lowest BCUT2D eigenvalue weighted by Crippen LogP contribution is -2.22. The predicted octanol–water partition coefficient (Wildman–Crippen LogP) is 2.54. The molecule has 2 rings (SSSR count). The Morgan fingerprint density at radius 2 is 2.00 bits per heavy atom. The summed E-state index contributed by atoms with van der Waals surface area (Å²) in [5.74, 6) is 0.530. The second-order valence-electron chi connectivity index (χ2n) is 5.08. The first-order valence-corrected chi connectivity index (χ1v) is 7.48. The van der Waals surface area contributed by atoms with Gasteiger partial charge in [-0.05, 0) is 54.0 Å². The first kappa shape index (κ1) is 16.5. The first-order chi connectivity index (χ1) is 11.1. The number of hydrogen-bond donors (Lipinski definition) is 3. The lowest BCUT2D eigenvalue weighted by molar-refractivity contribution is -0.210. The Morgan fingerprint density at radius 3 is 2.65 bits per heavy atom. The fourth-order valence-electron chi connectivity index (χ4n) is 1.97. The molecule has 0 unspecified atom stereocenters. The maximum atomic E-state index is 12.2. The minimum Gasteiger partial charge on any atom is -0.494 e. The number of carbonyl (C=O) groups is 1. The number of rotatable bonds is 7. The molecule has 0 aliphatic carbocycles. The predicted molar refractivity (Wildman–Crippen MR) is 89.7 cm³/mol. The molecule has 0 aliphatic rings. The molecule has 2 aromatic rings. The van der Waals surface area contributed by atoms with Gasteiger partial charge in [0.25, 0.3) is 5.91 Å². The van der Waals surface area contributed by atoms with Crippen LogP contribution in [0.1, 0.15) is 30.1 Å². The summed E-state index contributed by atoms with van der Waals surface area (Å²) < 4.78 is 5.58. The molecule has 0 aromatic heterocycles. The minimum atomic E-state index is -0.255. The average Bonchev–Trinajstić information content (AvgIpc) is 2.57. The molecule has 0 fully saturated rings. The number of carbonyl (C=O) groups excluding carboxylic acids is 1. The largest absolute Gasteiger partial charge is 0.494 e. The molecular formula is C17H21N4O2+. The van der Waals surface area contributed by atoms with E-state index in [1.54, 1.807) is 30.3 Å². The molecule has 0 spiro atoms. The average molecular weight is 313 g/mol. The van der Waals surface area contributed by atoms with Gasteiger partial charge in [-0.2, -0.15) is 5.53 Å². The molecule has 0 atom stereocenters. The van der Waals surface area contributed by atoms with Crippen molar-refractivity contribution in [3.05, 3.63) is 48.0 Å². The minimum absolute atomic E-state index is 0.255. The lowest BCUT2D eigenvalue weighted by atomic mass is 10.1. The summed E-state index contributed by atoms with van der Waals surface area (Å²) in [7, 11) is 0. The third-order valence-electron chi connectivity index (χ3n) is 3.31. The Bertz CT molecular complexity index is 683. The lowest BCUT2D eigenvalue weighted by Gasteiger charge is -2.08. The number of benzene rings is 2. The van der Waals surface area contributed by atoms with Crippen LogP contribution in [0.4, 0.5) is 17.1 Å². The van der Waals surface area contributed by atoms with E-state index in [9.17, 15) is 4.79 Å². The van der Waals surface area contributed by atoms with Gasteiger partial charge in [0, 0.05) is 11.3 Å². The van der Waals surface area contributed by atoms with E-state index in [-0.39, 0.29) is 5.91 Å².